The van der Waals surface area contributed by atoms with E-state index in [2.05, 4.69) is 10.3 Å². The molecule has 1 aromatic heterocycles. The van der Waals surface area contributed by atoms with Crippen molar-refractivity contribution in [1.82, 2.24) is 14.6 Å². The van der Waals surface area contributed by atoms with E-state index in [9.17, 15) is 8.42 Å². The molecule has 2 aliphatic heterocycles. The van der Waals surface area contributed by atoms with Crippen LogP contribution in [0.5, 0.6) is 0 Å². The van der Waals surface area contributed by atoms with Crippen molar-refractivity contribution in [2.75, 3.05) is 26.2 Å². The molecule has 2 fully saturated rings. The maximum absolute atomic E-state index is 13.0. The number of fused-ring (bicyclic) bond motifs is 1. The van der Waals surface area contributed by atoms with Crippen LogP contribution in [0.4, 0.5) is 0 Å². The van der Waals surface area contributed by atoms with Crippen molar-refractivity contribution >= 4 is 20.9 Å². The van der Waals surface area contributed by atoms with Gasteiger partial charge in [0.15, 0.2) is 0 Å². The zero-order valence-corrected chi connectivity index (χ0v) is 13.6. The highest BCUT2D eigenvalue weighted by atomic mass is 32.2. The molecule has 0 radical (unpaired) electrons. The Hall–Kier alpha value is -1.54. The fourth-order valence-corrected chi connectivity index (χ4v) is 5.02. The number of aromatic nitrogens is 1. The van der Waals surface area contributed by atoms with Crippen molar-refractivity contribution in [3.63, 3.8) is 0 Å². The van der Waals surface area contributed by atoms with Crippen LogP contribution in [-0.2, 0) is 14.8 Å². The maximum atomic E-state index is 13.0. The SMILES string of the molecule is O=S(=O)(c1cccc2cccnc12)N1CCC2(CC1)NCCO2. The molecule has 1 N–H and O–H groups in total. The normalized spacial score (nSPS) is 21.9. The van der Waals surface area contributed by atoms with Crippen molar-refractivity contribution in [3.05, 3.63) is 36.5 Å². The molecule has 4 rings (SSSR count). The van der Waals surface area contributed by atoms with Crippen LogP contribution < -0.4 is 5.32 Å². The summed E-state index contributed by atoms with van der Waals surface area (Å²) in [6.45, 7) is 2.44. The molecule has 7 heteroatoms. The van der Waals surface area contributed by atoms with Crippen LogP contribution in [0.1, 0.15) is 12.8 Å². The summed E-state index contributed by atoms with van der Waals surface area (Å²) >= 11 is 0. The third kappa shape index (κ3) is 2.53. The number of benzene rings is 1. The van der Waals surface area contributed by atoms with Crippen LogP contribution in [0.15, 0.2) is 41.4 Å². The van der Waals surface area contributed by atoms with E-state index >= 15 is 0 Å². The molecular weight excluding hydrogens is 314 g/mol. The highest BCUT2D eigenvalue weighted by Gasteiger charge is 2.41. The lowest BCUT2D eigenvalue weighted by Gasteiger charge is -2.37. The first-order chi connectivity index (χ1) is 11.1. The first-order valence-electron chi connectivity index (χ1n) is 7.84. The summed E-state index contributed by atoms with van der Waals surface area (Å²) in [4.78, 5) is 4.55. The Labute approximate surface area is 135 Å². The van der Waals surface area contributed by atoms with E-state index in [1.165, 1.54) is 0 Å². The topological polar surface area (TPSA) is 71.5 Å². The van der Waals surface area contributed by atoms with E-state index in [1.54, 1.807) is 22.6 Å². The first kappa shape index (κ1) is 15.0. The average Bonchev–Trinajstić information content (AvgIpc) is 3.03. The highest BCUT2D eigenvalue weighted by molar-refractivity contribution is 7.89. The Kier molecular flexibility index (Phi) is 3.60. The standard InChI is InChI=1S/C16H19N3O3S/c20-23(21,14-5-1-3-13-4-2-8-17-15(13)14)19-10-6-16(7-11-19)18-9-12-22-16/h1-5,8,18H,6-7,9-12H2. The Morgan fingerprint density at radius 1 is 1.17 bits per heavy atom. The number of hydrogen-bond donors (Lipinski definition) is 1. The molecule has 0 aliphatic carbocycles. The average molecular weight is 333 g/mol. The molecule has 2 aliphatic rings. The number of ether oxygens (including phenoxy) is 1. The number of hydrogen-bond acceptors (Lipinski definition) is 5. The smallest absolute Gasteiger partial charge is 0.245 e. The van der Waals surface area contributed by atoms with Gasteiger partial charge in [-0.3, -0.25) is 10.3 Å². The van der Waals surface area contributed by atoms with Gasteiger partial charge in [-0.1, -0.05) is 18.2 Å². The van der Waals surface area contributed by atoms with Crippen LogP contribution in [0.25, 0.3) is 10.9 Å². The van der Waals surface area contributed by atoms with Gasteiger partial charge in [0.2, 0.25) is 10.0 Å². The molecule has 0 saturated carbocycles. The highest BCUT2D eigenvalue weighted by Crippen LogP contribution is 2.31. The maximum Gasteiger partial charge on any atom is 0.245 e. The van der Waals surface area contributed by atoms with Gasteiger partial charge < -0.3 is 4.74 Å². The van der Waals surface area contributed by atoms with Crippen molar-refractivity contribution in [1.29, 1.82) is 0 Å². The Balaban J connectivity index is 1.65. The summed E-state index contributed by atoms with van der Waals surface area (Å²) in [5.74, 6) is 0. The van der Waals surface area contributed by atoms with E-state index in [1.807, 2.05) is 18.2 Å². The lowest BCUT2D eigenvalue weighted by atomic mass is 10.0. The van der Waals surface area contributed by atoms with Gasteiger partial charge in [-0.05, 0) is 12.1 Å². The van der Waals surface area contributed by atoms with E-state index in [4.69, 9.17) is 4.74 Å². The molecule has 1 spiro atoms. The molecule has 0 amide bonds. The summed E-state index contributed by atoms with van der Waals surface area (Å²) in [5, 5.41) is 4.19. The number of pyridine rings is 1. The van der Waals surface area contributed by atoms with Gasteiger partial charge in [0.25, 0.3) is 0 Å². The molecule has 1 aromatic carbocycles. The van der Waals surface area contributed by atoms with Crippen molar-refractivity contribution < 1.29 is 13.2 Å². The molecule has 0 atom stereocenters. The quantitative estimate of drug-likeness (QED) is 0.898. The van der Waals surface area contributed by atoms with Crippen LogP contribution in [0, 0.1) is 0 Å². The van der Waals surface area contributed by atoms with Crippen molar-refractivity contribution in [3.8, 4) is 0 Å². The van der Waals surface area contributed by atoms with Gasteiger partial charge in [-0.2, -0.15) is 4.31 Å². The van der Waals surface area contributed by atoms with Crippen LogP contribution in [0.3, 0.4) is 0 Å². The van der Waals surface area contributed by atoms with E-state index < -0.39 is 10.0 Å². The third-order valence-corrected chi connectivity index (χ3v) is 6.60. The van der Waals surface area contributed by atoms with E-state index in [-0.39, 0.29) is 10.6 Å². The van der Waals surface area contributed by atoms with Gasteiger partial charge in [-0.25, -0.2) is 8.42 Å². The van der Waals surface area contributed by atoms with Crippen molar-refractivity contribution in [2.45, 2.75) is 23.5 Å². The molecule has 3 heterocycles. The van der Waals surface area contributed by atoms with Gasteiger partial charge in [0.1, 0.15) is 10.6 Å². The zero-order chi connectivity index (χ0) is 15.9. The minimum Gasteiger partial charge on any atom is -0.359 e. The Morgan fingerprint density at radius 2 is 1.96 bits per heavy atom. The second kappa shape index (κ2) is 5.52. The van der Waals surface area contributed by atoms with Gasteiger partial charge >= 0.3 is 0 Å². The van der Waals surface area contributed by atoms with Gasteiger partial charge in [0.05, 0.1) is 12.1 Å². The molecule has 23 heavy (non-hydrogen) atoms. The lowest BCUT2D eigenvalue weighted by Crippen LogP contribution is -2.52. The summed E-state index contributed by atoms with van der Waals surface area (Å²) in [6, 6.07) is 8.97. The Morgan fingerprint density at radius 3 is 2.70 bits per heavy atom. The molecule has 2 aromatic rings. The number of nitrogens with zero attached hydrogens (tertiary/aromatic N) is 2. The summed E-state index contributed by atoms with van der Waals surface area (Å²) in [5.41, 5.74) is 0.203. The number of rotatable bonds is 2. The predicted octanol–water partition coefficient (Wildman–Crippen LogP) is 1.34. The molecular formula is C16H19N3O3S. The lowest BCUT2D eigenvalue weighted by molar-refractivity contribution is -0.0445. The fourth-order valence-electron chi connectivity index (χ4n) is 3.41. The fraction of sp³-hybridized carbons (Fsp3) is 0.438. The number of piperidine rings is 1. The molecule has 6 nitrogen and oxygen atoms in total. The van der Waals surface area contributed by atoms with Crippen LogP contribution in [-0.4, -0.2) is 49.7 Å². The molecule has 0 unspecified atom stereocenters. The predicted molar refractivity (Wildman–Crippen MR) is 86.4 cm³/mol. The number of para-hydroxylation sites is 1. The molecule has 2 saturated heterocycles. The summed E-state index contributed by atoms with van der Waals surface area (Å²) in [6.07, 6.45) is 2.97. The first-order valence-corrected chi connectivity index (χ1v) is 9.28. The minimum atomic E-state index is -3.55. The number of nitrogens with one attached hydrogen (secondary N) is 1. The van der Waals surface area contributed by atoms with Crippen LogP contribution >= 0.6 is 0 Å². The zero-order valence-electron chi connectivity index (χ0n) is 12.7. The second-order valence-electron chi connectivity index (χ2n) is 6.00. The van der Waals surface area contributed by atoms with E-state index in [0.717, 1.165) is 11.9 Å². The van der Waals surface area contributed by atoms with Gasteiger partial charge in [-0.15, -0.1) is 0 Å². The summed E-state index contributed by atoms with van der Waals surface area (Å²) in [7, 11) is -3.55. The Bertz CT molecular complexity index is 816. The number of sulfonamides is 1. The van der Waals surface area contributed by atoms with Crippen molar-refractivity contribution in [2.24, 2.45) is 0 Å². The van der Waals surface area contributed by atoms with Gasteiger partial charge in [0, 0.05) is 44.1 Å². The largest absolute Gasteiger partial charge is 0.359 e. The monoisotopic (exact) mass is 333 g/mol. The van der Waals surface area contributed by atoms with E-state index in [0.29, 0.717) is 38.1 Å². The molecule has 0 bridgehead atoms. The minimum absolute atomic E-state index is 0.284. The van der Waals surface area contributed by atoms with Crippen LogP contribution in [0.2, 0.25) is 0 Å². The summed E-state index contributed by atoms with van der Waals surface area (Å²) < 4.78 is 33.4. The molecule has 122 valence electrons. The third-order valence-electron chi connectivity index (χ3n) is 4.67. The second-order valence-corrected chi connectivity index (χ2v) is 7.91.